The Morgan fingerprint density at radius 3 is 2.52 bits per heavy atom. The first-order valence-corrected chi connectivity index (χ1v) is 7.73. The summed E-state index contributed by atoms with van der Waals surface area (Å²) < 4.78 is 1.70. The van der Waals surface area contributed by atoms with Crippen molar-refractivity contribution in [3.63, 3.8) is 0 Å². The van der Waals surface area contributed by atoms with Crippen LogP contribution >= 0.6 is 11.8 Å². The zero-order valence-electron chi connectivity index (χ0n) is 11.4. The molecule has 4 heteroatoms. The molecule has 21 heavy (non-hydrogen) atoms. The highest BCUT2D eigenvalue weighted by Gasteiger charge is 2.05. The smallest absolute Gasteiger partial charge is 0.250 e. The summed E-state index contributed by atoms with van der Waals surface area (Å²) in [6.07, 6.45) is 1.80. The number of pyridine rings is 1. The summed E-state index contributed by atoms with van der Waals surface area (Å²) in [6.45, 7) is 0.666. The van der Waals surface area contributed by atoms with Crippen LogP contribution in [0.1, 0.15) is 0 Å². The van der Waals surface area contributed by atoms with Gasteiger partial charge in [-0.05, 0) is 23.6 Å². The van der Waals surface area contributed by atoms with E-state index in [1.165, 1.54) is 0 Å². The maximum absolute atomic E-state index is 11.6. The monoisotopic (exact) mass is 297 g/mol. The normalized spacial score (nSPS) is 10.9. The largest absolute Gasteiger partial charge is 0.507 e. The molecule has 2 aromatic carbocycles. The fourth-order valence-corrected chi connectivity index (χ4v) is 3.29. The van der Waals surface area contributed by atoms with Gasteiger partial charge in [-0.3, -0.25) is 4.79 Å². The minimum atomic E-state index is 0.0219. The third kappa shape index (κ3) is 2.95. The minimum absolute atomic E-state index is 0.0219. The third-order valence-corrected chi connectivity index (χ3v) is 4.40. The van der Waals surface area contributed by atoms with Gasteiger partial charge < -0.3 is 9.67 Å². The van der Waals surface area contributed by atoms with Crippen molar-refractivity contribution >= 4 is 22.5 Å². The molecular weight excluding hydrogens is 282 g/mol. The molecule has 3 aromatic rings. The molecule has 1 heterocycles. The molecule has 0 saturated carbocycles. The van der Waals surface area contributed by atoms with Gasteiger partial charge in [-0.15, -0.1) is 11.8 Å². The standard InChI is InChI=1S/C17H15NO2S/c19-15-8-9-16(14-6-2-1-5-13(14)15)21-12-11-18-10-4-3-7-17(18)20/h1-10,19H,11-12H2. The summed E-state index contributed by atoms with van der Waals surface area (Å²) in [6, 6.07) is 16.6. The van der Waals surface area contributed by atoms with E-state index >= 15 is 0 Å². The molecule has 0 spiro atoms. The number of phenols is 1. The van der Waals surface area contributed by atoms with Gasteiger partial charge in [-0.1, -0.05) is 30.3 Å². The van der Waals surface area contributed by atoms with Crippen molar-refractivity contribution in [1.29, 1.82) is 0 Å². The lowest BCUT2D eigenvalue weighted by atomic mass is 10.1. The van der Waals surface area contributed by atoms with Crippen LogP contribution in [0.4, 0.5) is 0 Å². The quantitative estimate of drug-likeness (QED) is 0.749. The first-order chi connectivity index (χ1) is 10.3. The van der Waals surface area contributed by atoms with Crippen molar-refractivity contribution < 1.29 is 5.11 Å². The SMILES string of the molecule is O=c1ccccn1CCSc1ccc(O)c2ccccc12. The van der Waals surface area contributed by atoms with Gasteiger partial charge in [0.05, 0.1) is 0 Å². The van der Waals surface area contributed by atoms with E-state index < -0.39 is 0 Å². The topological polar surface area (TPSA) is 42.2 Å². The van der Waals surface area contributed by atoms with Crippen LogP contribution in [0.2, 0.25) is 0 Å². The number of aromatic hydroxyl groups is 1. The number of phenolic OH excluding ortho intramolecular Hbond substituents is 1. The third-order valence-electron chi connectivity index (χ3n) is 3.35. The van der Waals surface area contributed by atoms with Gasteiger partial charge >= 0.3 is 0 Å². The van der Waals surface area contributed by atoms with Crippen molar-refractivity contribution in [2.75, 3.05) is 5.75 Å². The second-order valence-electron chi connectivity index (χ2n) is 4.71. The summed E-state index contributed by atoms with van der Waals surface area (Å²) in [4.78, 5) is 12.8. The van der Waals surface area contributed by atoms with Gasteiger partial charge in [0.15, 0.2) is 0 Å². The Kier molecular flexibility index (Phi) is 3.97. The molecule has 0 atom stereocenters. The van der Waals surface area contributed by atoms with Crippen LogP contribution in [-0.4, -0.2) is 15.4 Å². The van der Waals surface area contributed by atoms with Crippen molar-refractivity contribution in [2.24, 2.45) is 0 Å². The highest BCUT2D eigenvalue weighted by atomic mass is 32.2. The Bertz CT molecular complexity index is 826. The molecule has 3 rings (SSSR count). The van der Waals surface area contributed by atoms with Gasteiger partial charge in [-0.2, -0.15) is 0 Å². The van der Waals surface area contributed by atoms with Crippen molar-refractivity contribution in [1.82, 2.24) is 4.57 Å². The molecule has 106 valence electrons. The molecule has 0 unspecified atom stereocenters. The maximum Gasteiger partial charge on any atom is 0.250 e. The first-order valence-electron chi connectivity index (χ1n) is 6.75. The van der Waals surface area contributed by atoms with Gasteiger partial charge in [0.1, 0.15) is 5.75 Å². The summed E-state index contributed by atoms with van der Waals surface area (Å²) in [5.41, 5.74) is 0.0219. The van der Waals surface area contributed by atoms with Gasteiger partial charge in [-0.25, -0.2) is 0 Å². The zero-order valence-corrected chi connectivity index (χ0v) is 12.2. The van der Waals surface area contributed by atoms with Crippen LogP contribution in [-0.2, 0) is 6.54 Å². The highest BCUT2D eigenvalue weighted by Crippen LogP contribution is 2.33. The number of aryl methyl sites for hydroxylation is 1. The Morgan fingerprint density at radius 2 is 1.71 bits per heavy atom. The van der Waals surface area contributed by atoms with E-state index in [-0.39, 0.29) is 5.56 Å². The molecule has 1 N–H and O–H groups in total. The van der Waals surface area contributed by atoms with Crippen LogP contribution < -0.4 is 5.56 Å². The lowest BCUT2D eigenvalue weighted by Gasteiger charge is -2.09. The fraction of sp³-hybridized carbons (Fsp3) is 0.118. The average molecular weight is 297 g/mol. The Morgan fingerprint density at radius 1 is 0.952 bits per heavy atom. The molecule has 1 aromatic heterocycles. The number of rotatable bonds is 4. The zero-order chi connectivity index (χ0) is 14.7. The molecule has 0 radical (unpaired) electrons. The second kappa shape index (κ2) is 6.06. The van der Waals surface area contributed by atoms with Crippen molar-refractivity contribution in [2.45, 2.75) is 11.4 Å². The van der Waals surface area contributed by atoms with E-state index in [1.54, 1.807) is 40.7 Å². The van der Waals surface area contributed by atoms with Crippen molar-refractivity contribution in [3.05, 3.63) is 71.1 Å². The molecule has 0 fully saturated rings. The molecule has 0 amide bonds. The molecule has 0 aliphatic carbocycles. The molecule has 0 bridgehead atoms. The number of aromatic nitrogens is 1. The number of thioether (sulfide) groups is 1. The van der Waals surface area contributed by atoms with E-state index in [1.807, 2.05) is 36.4 Å². The Hall–Kier alpha value is -2.20. The van der Waals surface area contributed by atoms with Gasteiger partial charge in [0, 0.05) is 34.8 Å². The predicted molar refractivity (Wildman–Crippen MR) is 87.0 cm³/mol. The Labute approximate surface area is 126 Å². The van der Waals surface area contributed by atoms with E-state index in [0.29, 0.717) is 12.3 Å². The molecule has 0 saturated heterocycles. The fourth-order valence-electron chi connectivity index (χ4n) is 2.28. The van der Waals surface area contributed by atoms with Crippen LogP contribution in [0.15, 0.2) is 70.5 Å². The summed E-state index contributed by atoms with van der Waals surface area (Å²) >= 11 is 1.69. The van der Waals surface area contributed by atoms with Crippen LogP contribution in [0.25, 0.3) is 10.8 Å². The average Bonchev–Trinajstić information content (AvgIpc) is 2.52. The maximum atomic E-state index is 11.6. The molecule has 0 aliphatic rings. The van der Waals surface area contributed by atoms with Crippen molar-refractivity contribution in [3.8, 4) is 5.75 Å². The second-order valence-corrected chi connectivity index (χ2v) is 5.85. The summed E-state index contributed by atoms with van der Waals surface area (Å²) in [7, 11) is 0. The number of hydrogen-bond donors (Lipinski definition) is 1. The highest BCUT2D eigenvalue weighted by molar-refractivity contribution is 7.99. The number of benzene rings is 2. The number of nitrogens with zero attached hydrogens (tertiary/aromatic N) is 1. The minimum Gasteiger partial charge on any atom is -0.507 e. The predicted octanol–water partition coefficient (Wildman–Crippen LogP) is 3.50. The first kappa shape index (κ1) is 13.8. The van der Waals surface area contributed by atoms with E-state index in [0.717, 1.165) is 21.4 Å². The van der Waals surface area contributed by atoms with Gasteiger partial charge in [0.2, 0.25) is 0 Å². The van der Waals surface area contributed by atoms with E-state index in [9.17, 15) is 9.90 Å². The number of fused-ring (bicyclic) bond motifs is 1. The van der Waals surface area contributed by atoms with E-state index in [4.69, 9.17) is 0 Å². The number of hydrogen-bond acceptors (Lipinski definition) is 3. The lowest BCUT2D eigenvalue weighted by molar-refractivity contribution is 0.481. The lowest BCUT2D eigenvalue weighted by Crippen LogP contribution is -2.18. The molecule has 3 nitrogen and oxygen atoms in total. The van der Waals surface area contributed by atoms with Crippen LogP contribution in [0.5, 0.6) is 5.75 Å². The van der Waals surface area contributed by atoms with E-state index in [2.05, 4.69) is 0 Å². The molecule has 0 aliphatic heterocycles. The Balaban J connectivity index is 1.79. The van der Waals surface area contributed by atoms with Crippen LogP contribution in [0, 0.1) is 0 Å². The summed E-state index contributed by atoms with van der Waals surface area (Å²) in [5, 5.41) is 11.8. The van der Waals surface area contributed by atoms with Gasteiger partial charge in [0.25, 0.3) is 5.56 Å². The van der Waals surface area contributed by atoms with Crippen LogP contribution in [0.3, 0.4) is 0 Å². The molecular formula is C17H15NO2S. The summed E-state index contributed by atoms with van der Waals surface area (Å²) in [5.74, 6) is 1.10.